The van der Waals surface area contributed by atoms with Gasteiger partial charge in [0, 0.05) is 0 Å². The van der Waals surface area contributed by atoms with E-state index in [1.807, 2.05) is 25.1 Å². The van der Waals surface area contributed by atoms with Gasteiger partial charge < -0.3 is 9.84 Å². The molecular weight excluding hydrogens is 268 g/mol. The molecule has 2 rings (SSSR count). The van der Waals surface area contributed by atoms with Crippen molar-refractivity contribution in [3.8, 4) is 0 Å². The smallest absolute Gasteiger partial charge is 0.337 e. The van der Waals surface area contributed by atoms with Gasteiger partial charge in [0.15, 0.2) is 0 Å². The number of carboxylic acids is 1. The number of benzene rings is 2. The van der Waals surface area contributed by atoms with Crippen LogP contribution >= 0.6 is 0 Å². The lowest BCUT2D eigenvalue weighted by atomic mass is 10.1. The molecule has 0 aromatic heterocycles. The third-order valence-corrected chi connectivity index (χ3v) is 2.80. The summed E-state index contributed by atoms with van der Waals surface area (Å²) >= 11 is 0. The summed E-state index contributed by atoms with van der Waals surface area (Å²) in [7, 11) is 1.37. The van der Waals surface area contributed by atoms with E-state index in [0.29, 0.717) is 11.1 Å². The fourth-order valence-electron chi connectivity index (χ4n) is 1.58. The van der Waals surface area contributed by atoms with Gasteiger partial charge in [-0.15, -0.1) is 0 Å². The van der Waals surface area contributed by atoms with Crippen molar-refractivity contribution in [2.75, 3.05) is 7.11 Å². The van der Waals surface area contributed by atoms with Crippen molar-refractivity contribution in [2.24, 2.45) is 0 Å². The minimum Gasteiger partial charge on any atom is -0.478 e. The van der Waals surface area contributed by atoms with Crippen molar-refractivity contribution < 1.29 is 19.4 Å². The van der Waals surface area contributed by atoms with Crippen LogP contribution in [-0.2, 0) is 11.2 Å². The minimum absolute atomic E-state index is 0.291. The van der Waals surface area contributed by atoms with E-state index in [2.05, 4.69) is 4.74 Å². The largest absolute Gasteiger partial charge is 0.478 e. The number of hydrogen-bond acceptors (Lipinski definition) is 3. The topological polar surface area (TPSA) is 63.6 Å². The van der Waals surface area contributed by atoms with Gasteiger partial charge in [-0.2, -0.15) is 0 Å². The standard InChI is InChI=1S/C9H10O2.C8H8O2/c1-2-7-3-5-8(6-4-7)9(10)11;1-10-8(9)7-5-3-2-4-6-7/h3-6H,2H2,1H3,(H,10,11);2-6H,1H3. The molecule has 0 atom stereocenters. The Morgan fingerprint density at radius 1 is 0.952 bits per heavy atom. The lowest BCUT2D eigenvalue weighted by Gasteiger charge is -1.96. The Balaban J connectivity index is 0.000000211. The highest BCUT2D eigenvalue weighted by Gasteiger charge is 2.01. The molecule has 4 heteroatoms. The van der Waals surface area contributed by atoms with E-state index in [4.69, 9.17) is 5.11 Å². The maximum Gasteiger partial charge on any atom is 0.337 e. The summed E-state index contributed by atoms with van der Waals surface area (Å²) in [6, 6.07) is 15.8. The number of carbonyl (C=O) groups is 2. The maximum absolute atomic E-state index is 10.8. The van der Waals surface area contributed by atoms with Crippen LogP contribution in [0.1, 0.15) is 33.2 Å². The molecule has 21 heavy (non-hydrogen) atoms. The number of hydrogen-bond donors (Lipinski definition) is 1. The molecule has 0 amide bonds. The van der Waals surface area contributed by atoms with Crippen LogP contribution in [0.15, 0.2) is 54.6 Å². The van der Waals surface area contributed by atoms with Crippen molar-refractivity contribution in [3.63, 3.8) is 0 Å². The summed E-state index contributed by atoms with van der Waals surface area (Å²) in [5, 5.41) is 8.55. The van der Waals surface area contributed by atoms with Crippen molar-refractivity contribution in [1.29, 1.82) is 0 Å². The van der Waals surface area contributed by atoms with Crippen LogP contribution < -0.4 is 0 Å². The number of rotatable bonds is 3. The van der Waals surface area contributed by atoms with Gasteiger partial charge in [0.1, 0.15) is 0 Å². The van der Waals surface area contributed by atoms with Gasteiger partial charge >= 0.3 is 11.9 Å². The Kier molecular flexibility index (Phi) is 6.68. The number of carbonyl (C=O) groups excluding carboxylic acids is 1. The lowest BCUT2D eigenvalue weighted by molar-refractivity contribution is 0.0600. The zero-order valence-electron chi connectivity index (χ0n) is 12.1. The van der Waals surface area contributed by atoms with Crippen molar-refractivity contribution in [2.45, 2.75) is 13.3 Å². The molecular formula is C17H18O4. The molecule has 0 heterocycles. The number of aryl methyl sites for hydroxylation is 1. The van der Waals surface area contributed by atoms with Crippen LogP contribution in [0.25, 0.3) is 0 Å². The Morgan fingerprint density at radius 3 is 1.95 bits per heavy atom. The van der Waals surface area contributed by atoms with Crippen LogP contribution in [0.2, 0.25) is 0 Å². The van der Waals surface area contributed by atoms with Crippen LogP contribution in [0.4, 0.5) is 0 Å². The van der Waals surface area contributed by atoms with Crippen molar-refractivity contribution in [1.82, 2.24) is 0 Å². The molecule has 0 radical (unpaired) electrons. The number of esters is 1. The zero-order chi connectivity index (χ0) is 15.7. The molecule has 0 aliphatic carbocycles. The molecule has 2 aromatic rings. The monoisotopic (exact) mass is 286 g/mol. The normalized spacial score (nSPS) is 9.24. The maximum atomic E-state index is 10.8. The van der Waals surface area contributed by atoms with Crippen LogP contribution in [-0.4, -0.2) is 24.2 Å². The lowest BCUT2D eigenvalue weighted by Crippen LogP contribution is -1.99. The van der Waals surface area contributed by atoms with E-state index in [-0.39, 0.29) is 5.97 Å². The second-order valence-electron chi connectivity index (χ2n) is 4.21. The quantitative estimate of drug-likeness (QED) is 0.878. The van der Waals surface area contributed by atoms with Gasteiger partial charge in [0.2, 0.25) is 0 Å². The average molecular weight is 286 g/mol. The van der Waals surface area contributed by atoms with E-state index in [1.54, 1.807) is 36.4 Å². The molecule has 0 saturated heterocycles. The summed E-state index contributed by atoms with van der Waals surface area (Å²) in [5.41, 5.74) is 2.10. The summed E-state index contributed by atoms with van der Waals surface area (Å²) < 4.78 is 4.50. The molecule has 1 N–H and O–H groups in total. The fraction of sp³-hybridized carbons (Fsp3) is 0.176. The molecule has 110 valence electrons. The SMILES string of the molecule is CCc1ccc(C(=O)O)cc1.COC(=O)c1ccccc1. The predicted molar refractivity (Wildman–Crippen MR) is 80.6 cm³/mol. The highest BCUT2D eigenvalue weighted by molar-refractivity contribution is 5.89. The van der Waals surface area contributed by atoms with Gasteiger partial charge in [0.25, 0.3) is 0 Å². The van der Waals surface area contributed by atoms with Gasteiger partial charge in [-0.1, -0.05) is 37.3 Å². The first-order valence-corrected chi connectivity index (χ1v) is 6.54. The highest BCUT2D eigenvalue weighted by Crippen LogP contribution is 2.04. The Morgan fingerprint density at radius 2 is 1.52 bits per heavy atom. The molecule has 0 aliphatic heterocycles. The number of methoxy groups -OCH3 is 1. The Bertz CT molecular complexity index is 573. The third-order valence-electron chi connectivity index (χ3n) is 2.80. The van der Waals surface area contributed by atoms with Gasteiger partial charge in [-0.05, 0) is 36.2 Å². The third kappa shape index (κ3) is 5.48. The second-order valence-corrected chi connectivity index (χ2v) is 4.21. The number of carboxylic acid groups (broad SMARTS) is 1. The first-order valence-electron chi connectivity index (χ1n) is 6.54. The second kappa shape index (κ2) is 8.53. The summed E-state index contributed by atoms with van der Waals surface area (Å²) in [4.78, 5) is 21.2. The van der Waals surface area contributed by atoms with Gasteiger partial charge in [-0.3, -0.25) is 0 Å². The molecule has 0 bridgehead atoms. The summed E-state index contributed by atoms with van der Waals surface area (Å²) in [5.74, 6) is -1.16. The van der Waals surface area contributed by atoms with E-state index in [9.17, 15) is 9.59 Å². The van der Waals surface area contributed by atoms with E-state index >= 15 is 0 Å². The summed E-state index contributed by atoms with van der Waals surface area (Å²) in [6.45, 7) is 2.04. The molecule has 0 aliphatic rings. The Hall–Kier alpha value is -2.62. The first-order chi connectivity index (χ1) is 10.1. The van der Waals surface area contributed by atoms with Crippen molar-refractivity contribution >= 4 is 11.9 Å². The fourth-order valence-corrected chi connectivity index (χ4v) is 1.58. The van der Waals surface area contributed by atoms with Gasteiger partial charge in [0.05, 0.1) is 18.2 Å². The molecule has 0 saturated carbocycles. The zero-order valence-corrected chi connectivity index (χ0v) is 12.1. The molecule has 4 nitrogen and oxygen atoms in total. The molecule has 0 unspecified atom stereocenters. The molecule has 2 aromatic carbocycles. The van der Waals surface area contributed by atoms with Crippen LogP contribution in [0.5, 0.6) is 0 Å². The number of aromatic carboxylic acids is 1. The predicted octanol–water partition coefficient (Wildman–Crippen LogP) is 3.42. The molecule has 0 fully saturated rings. The molecule has 0 spiro atoms. The van der Waals surface area contributed by atoms with E-state index < -0.39 is 5.97 Å². The van der Waals surface area contributed by atoms with E-state index in [0.717, 1.165) is 12.0 Å². The van der Waals surface area contributed by atoms with Crippen LogP contribution in [0, 0.1) is 0 Å². The number of ether oxygens (including phenoxy) is 1. The van der Waals surface area contributed by atoms with Crippen molar-refractivity contribution in [3.05, 3.63) is 71.3 Å². The average Bonchev–Trinajstić information content (AvgIpc) is 2.55. The Labute approximate surface area is 124 Å². The highest BCUT2D eigenvalue weighted by atomic mass is 16.5. The van der Waals surface area contributed by atoms with Crippen LogP contribution in [0.3, 0.4) is 0 Å². The minimum atomic E-state index is -0.868. The van der Waals surface area contributed by atoms with E-state index in [1.165, 1.54) is 7.11 Å². The first kappa shape index (κ1) is 16.4. The summed E-state index contributed by atoms with van der Waals surface area (Å²) in [6.07, 6.45) is 0.944. The van der Waals surface area contributed by atoms with Gasteiger partial charge in [-0.25, -0.2) is 9.59 Å².